The van der Waals surface area contributed by atoms with Crippen LogP contribution in [0.15, 0.2) is 53.6 Å². The third kappa shape index (κ3) is 6.78. The number of aromatic nitrogens is 2. The lowest BCUT2D eigenvalue weighted by atomic mass is 10.1. The van der Waals surface area contributed by atoms with Gasteiger partial charge in [0.25, 0.3) is 11.5 Å². The summed E-state index contributed by atoms with van der Waals surface area (Å²) in [6, 6.07) is 12.2. The van der Waals surface area contributed by atoms with Crippen LogP contribution in [-0.2, 0) is 6.54 Å². The van der Waals surface area contributed by atoms with Gasteiger partial charge in [-0.3, -0.25) is 14.2 Å². The van der Waals surface area contributed by atoms with Gasteiger partial charge in [-0.25, -0.2) is 4.98 Å². The second-order valence-corrected chi connectivity index (χ2v) is 7.62. The fourth-order valence-corrected chi connectivity index (χ4v) is 3.55. The summed E-state index contributed by atoms with van der Waals surface area (Å²) in [5.41, 5.74) is 1.56. The predicted molar refractivity (Wildman–Crippen MR) is 137 cm³/mol. The van der Waals surface area contributed by atoms with Crippen LogP contribution in [0.1, 0.15) is 38.1 Å². The summed E-state index contributed by atoms with van der Waals surface area (Å²) in [6.07, 6.45) is 1.48. The molecule has 1 heterocycles. The molecule has 0 aliphatic carbocycles. The lowest BCUT2D eigenvalue weighted by Gasteiger charge is -2.17. The van der Waals surface area contributed by atoms with Gasteiger partial charge in [0.2, 0.25) is 5.75 Å². The van der Waals surface area contributed by atoms with E-state index in [9.17, 15) is 9.59 Å². The van der Waals surface area contributed by atoms with Crippen LogP contribution in [0.25, 0.3) is 11.3 Å². The number of hydrogen-bond acceptors (Lipinski definition) is 7. The molecule has 192 valence electrons. The summed E-state index contributed by atoms with van der Waals surface area (Å²) in [5.74, 6) is 1.82. The molecular formula is C27H33N3O6. The van der Waals surface area contributed by atoms with E-state index < -0.39 is 0 Å². The van der Waals surface area contributed by atoms with E-state index in [2.05, 4.69) is 10.3 Å². The van der Waals surface area contributed by atoms with Gasteiger partial charge in [0.15, 0.2) is 11.5 Å². The first-order chi connectivity index (χ1) is 17.5. The van der Waals surface area contributed by atoms with Crippen molar-refractivity contribution in [1.82, 2.24) is 14.9 Å². The first-order valence-corrected chi connectivity index (χ1v) is 12.1. The molecule has 36 heavy (non-hydrogen) atoms. The molecule has 0 spiro atoms. The Morgan fingerprint density at radius 1 is 0.861 bits per heavy atom. The monoisotopic (exact) mass is 495 g/mol. The first-order valence-electron chi connectivity index (χ1n) is 12.1. The van der Waals surface area contributed by atoms with Crippen LogP contribution in [0.3, 0.4) is 0 Å². The highest BCUT2D eigenvalue weighted by Gasteiger charge is 2.18. The van der Waals surface area contributed by atoms with Crippen LogP contribution < -0.4 is 29.8 Å². The molecule has 1 amide bonds. The molecule has 3 aromatic rings. The molecule has 3 rings (SSSR count). The van der Waals surface area contributed by atoms with Gasteiger partial charge in [-0.1, -0.05) is 0 Å². The zero-order valence-electron chi connectivity index (χ0n) is 21.2. The zero-order chi connectivity index (χ0) is 25.9. The normalized spacial score (nSPS) is 10.6. The summed E-state index contributed by atoms with van der Waals surface area (Å²) in [5, 5.41) is 2.84. The maximum absolute atomic E-state index is 12.8. The van der Waals surface area contributed by atoms with Crippen molar-refractivity contribution in [3.05, 3.63) is 64.7 Å². The number of amides is 1. The summed E-state index contributed by atoms with van der Waals surface area (Å²) >= 11 is 0. The van der Waals surface area contributed by atoms with Crippen molar-refractivity contribution < 1.29 is 23.7 Å². The number of benzene rings is 2. The summed E-state index contributed by atoms with van der Waals surface area (Å²) < 4.78 is 23.9. The second kappa shape index (κ2) is 13.2. The minimum Gasteiger partial charge on any atom is -0.494 e. The fourth-order valence-electron chi connectivity index (χ4n) is 3.55. The second-order valence-electron chi connectivity index (χ2n) is 7.62. The molecule has 9 heteroatoms. The standard InChI is InChI=1S/C27H33N3O6/c1-5-33-21-11-9-19(10-12-21)22-17-25(31)30(18-29-22)14-13-28-27(32)20-15-23(34-6-2)26(36-8-4)24(16-20)35-7-3/h9-12,15-18H,5-8,13-14H2,1-4H3,(H,28,32). The Bertz CT molecular complexity index is 1180. The Kier molecular flexibility index (Phi) is 9.73. The third-order valence-corrected chi connectivity index (χ3v) is 5.15. The Labute approximate surface area is 211 Å². The van der Waals surface area contributed by atoms with E-state index in [-0.39, 0.29) is 24.6 Å². The summed E-state index contributed by atoms with van der Waals surface area (Å²) in [7, 11) is 0. The molecule has 0 fully saturated rings. The van der Waals surface area contributed by atoms with Crippen LogP contribution in [-0.4, -0.2) is 48.4 Å². The van der Waals surface area contributed by atoms with Gasteiger partial charge in [-0.15, -0.1) is 0 Å². The molecule has 0 bridgehead atoms. The zero-order valence-corrected chi connectivity index (χ0v) is 21.2. The fraction of sp³-hybridized carbons (Fsp3) is 0.370. The SMILES string of the molecule is CCOc1ccc(-c2cc(=O)n(CCNC(=O)c3cc(OCC)c(OCC)c(OCC)c3)cn2)cc1. The number of ether oxygens (including phenoxy) is 4. The minimum atomic E-state index is -0.313. The summed E-state index contributed by atoms with van der Waals surface area (Å²) in [6.45, 7) is 9.87. The first kappa shape index (κ1) is 26.6. The lowest BCUT2D eigenvalue weighted by Crippen LogP contribution is -2.30. The number of rotatable bonds is 13. The molecule has 1 N–H and O–H groups in total. The van der Waals surface area contributed by atoms with Crippen molar-refractivity contribution in [2.24, 2.45) is 0 Å². The average molecular weight is 496 g/mol. The van der Waals surface area contributed by atoms with Crippen molar-refractivity contribution in [3.63, 3.8) is 0 Å². The molecule has 0 radical (unpaired) electrons. The van der Waals surface area contributed by atoms with Gasteiger partial charge in [0.1, 0.15) is 5.75 Å². The molecule has 0 unspecified atom stereocenters. The highest BCUT2D eigenvalue weighted by molar-refractivity contribution is 5.95. The van der Waals surface area contributed by atoms with Crippen LogP contribution in [0.2, 0.25) is 0 Å². The highest BCUT2D eigenvalue weighted by atomic mass is 16.5. The Morgan fingerprint density at radius 2 is 1.47 bits per heavy atom. The van der Waals surface area contributed by atoms with E-state index in [0.717, 1.165) is 11.3 Å². The van der Waals surface area contributed by atoms with Crippen LogP contribution in [0.4, 0.5) is 0 Å². The van der Waals surface area contributed by atoms with Crippen molar-refractivity contribution in [3.8, 4) is 34.3 Å². The molecule has 9 nitrogen and oxygen atoms in total. The number of hydrogen-bond donors (Lipinski definition) is 1. The Morgan fingerprint density at radius 3 is 2.03 bits per heavy atom. The van der Waals surface area contributed by atoms with Gasteiger partial charge < -0.3 is 24.3 Å². The van der Waals surface area contributed by atoms with Crippen molar-refractivity contribution in [2.45, 2.75) is 34.2 Å². The molecule has 0 saturated heterocycles. The number of carbonyl (C=O) groups excluding carboxylic acids is 1. The number of carbonyl (C=O) groups is 1. The van der Waals surface area contributed by atoms with Crippen molar-refractivity contribution in [2.75, 3.05) is 33.0 Å². The summed E-state index contributed by atoms with van der Waals surface area (Å²) in [4.78, 5) is 29.8. The van der Waals surface area contributed by atoms with Gasteiger partial charge in [-0.05, 0) is 64.1 Å². The Balaban J connectivity index is 1.67. The van der Waals surface area contributed by atoms with Crippen molar-refractivity contribution in [1.29, 1.82) is 0 Å². The van der Waals surface area contributed by atoms with Gasteiger partial charge in [0.05, 0.1) is 38.4 Å². The van der Waals surface area contributed by atoms with Crippen molar-refractivity contribution >= 4 is 5.91 Å². The molecule has 1 aromatic heterocycles. The van der Waals surface area contributed by atoms with E-state index >= 15 is 0 Å². The number of nitrogens with one attached hydrogen (secondary N) is 1. The lowest BCUT2D eigenvalue weighted by molar-refractivity contribution is 0.0951. The quantitative estimate of drug-likeness (QED) is 0.383. The molecule has 0 atom stereocenters. The highest BCUT2D eigenvalue weighted by Crippen LogP contribution is 2.39. The van der Waals surface area contributed by atoms with Crippen LogP contribution in [0.5, 0.6) is 23.0 Å². The smallest absolute Gasteiger partial charge is 0.253 e. The van der Waals surface area contributed by atoms with E-state index in [1.165, 1.54) is 17.0 Å². The minimum absolute atomic E-state index is 0.207. The van der Waals surface area contributed by atoms with E-state index in [1.54, 1.807) is 12.1 Å². The molecule has 2 aromatic carbocycles. The van der Waals surface area contributed by atoms with E-state index in [1.807, 2.05) is 52.0 Å². The third-order valence-electron chi connectivity index (χ3n) is 5.15. The molecule has 0 aliphatic rings. The van der Waals surface area contributed by atoms with Gasteiger partial charge in [0, 0.05) is 30.3 Å². The number of nitrogens with zero attached hydrogens (tertiary/aromatic N) is 2. The Hall–Kier alpha value is -4.01. The largest absolute Gasteiger partial charge is 0.494 e. The van der Waals surface area contributed by atoms with E-state index in [0.29, 0.717) is 54.9 Å². The molecule has 0 saturated carbocycles. The maximum atomic E-state index is 12.8. The topological polar surface area (TPSA) is 101 Å². The van der Waals surface area contributed by atoms with Gasteiger partial charge in [-0.2, -0.15) is 0 Å². The average Bonchev–Trinajstić information content (AvgIpc) is 2.87. The predicted octanol–water partition coefficient (Wildman–Crippen LogP) is 3.94. The van der Waals surface area contributed by atoms with Crippen LogP contribution >= 0.6 is 0 Å². The van der Waals surface area contributed by atoms with Gasteiger partial charge >= 0.3 is 0 Å². The van der Waals surface area contributed by atoms with Crippen LogP contribution in [0, 0.1) is 0 Å². The molecule has 0 aliphatic heterocycles. The van der Waals surface area contributed by atoms with E-state index in [4.69, 9.17) is 18.9 Å². The molecular weight excluding hydrogens is 462 g/mol. The maximum Gasteiger partial charge on any atom is 0.253 e.